The van der Waals surface area contributed by atoms with Gasteiger partial charge in [0.05, 0.1) is 23.6 Å². The molecular weight excluding hydrogens is 490 g/mol. The molecule has 208 valence electrons. The van der Waals surface area contributed by atoms with Gasteiger partial charge in [-0.1, -0.05) is 55.3 Å². The van der Waals surface area contributed by atoms with Crippen LogP contribution in [0.1, 0.15) is 64.4 Å². The first-order valence-electron chi connectivity index (χ1n) is 13.1. The number of carbonyl (C=O) groups is 4. The average molecular weight is 530 g/mol. The van der Waals surface area contributed by atoms with E-state index in [0.717, 1.165) is 18.4 Å². The first kappa shape index (κ1) is 29.2. The van der Waals surface area contributed by atoms with E-state index in [-0.39, 0.29) is 50.9 Å². The summed E-state index contributed by atoms with van der Waals surface area (Å²) in [6.07, 6.45) is 6.32. The van der Waals surface area contributed by atoms with Gasteiger partial charge in [0.1, 0.15) is 19.3 Å². The van der Waals surface area contributed by atoms with Gasteiger partial charge in [-0.2, -0.15) is 0 Å². The lowest BCUT2D eigenvalue weighted by molar-refractivity contribution is -0.149. The van der Waals surface area contributed by atoms with Crippen molar-refractivity contribution in [3.63, 3.8) is 0 Å². The molecule has 3 rings (SSSR count). The Morgan fingerprint density at radius 2 is 1.79 bits per heavy atom. The minimum Gasteiger partial charge on any atom is -0.462 e. The maximum Gasteiger partial charge on any atom is 0.408 e. The summed E-state index contributed by atoms with van der Waals surface area (Å²) < 4.78 is 10.7. The van der Waals surface area contributed by atoms with Crippen molar-refractivity contribution < 1.29 is 33.8 Å². The van der Waals surface area contributed by atoms with Crippen molar-refractivity contribution in [3.8, 4) is 0 Å². The van der Waals surface area contributed by atoms with Crippen molar-refractivity contribution in [1.29, 1.82) is 0 Å². The number of alkyl carbamates (subject to hydrolysis) is 1. The molecule has 1 saturated carbocycles. The highest BCUT2D eigenvalue weighted by Crippen LogP contribution is 2.29. The topological polar surface area (TPSA) is 143 Å². The van der Waals surface area contributed by atoms with Crippen LogP contribution in [-0.4, -0.2) is 59.3 Å². The predicted molar refractivity (Wildman–Crippen MR) is 140 cm³/mol. The van der Waals surface area contributed by atoms with E-state index >= 15 is 0 Å². The number of ether oxygens (including phenoxy) is 2. The van der Waals surface area contributed by atoms with Crippen molar-refractivity contribution >= 4 is 23.9 Å². The van der Waals surface area contributed by atoms with Crippen LogP contribution in [0.4, 0.5) is 4.79 Å². The van der Waals surface area contributed by atoms with Crippen LogP contribution in [0.3, 0.4) is 0 Å². The summed E-state index contributed by atoms with van der Waals surface area (Å²) in [6.45, 7) is 3.24. The van der Waals surface area contributed by atoms with Crippen LogP contribution < -0.4 is 16.0 Å². The highest BCUT2D eigenvalue weighted by atomic mass is 16.6. The molecule has 10 heteroatoms. The molecule has 1 aliphatic heterocycles. The predicted octanol–water partition coefficient (Wildman–Crippen LogP) is 2.50. The third kappa shape index (κ3) is 8.86. The summed E-state index contributed by atoms with van der Waals surface area (Å²) in [5, 5.41) is 18.2. The van der Waals surface area contributed by atoms with Gasteiger partial charge in [-0.25, -0.2) is 9.59 Å². The van der Waals surface area contributed by atoms with Crippen LogP contribution in [0.2, 0.25) is 0 Å². The van der Waals surface area contributed by atoms with Crippen molar-refractivity contribution in [2.75, 3.05) is 13.2 Å². The SMILES string of the molecule is CC1(C)COC(=O)C(NC(=O)OCc2ccccc2)CC=CCC(CC(=O)NC2(CO)CCCC2)C(=O)N1. The number of hydrogen-bond acceptors (Lipinski definition) is 7. The average Bonchev–Trinajstić information content (AvgIpc) is 3.35. The second-order valence-electron chi connectivity index (χ2n) is 10.8. The molecule has 0 spiro atoms. The lowest BCUT2D eigenvalue weighted by atomic mass is 9.94. The molecule has 1 aromatic carbocycles. The van der Waals surface area contributed by atoms with E-state index in [2.05, 4.69) is 16.0 Å². The fourth-order valence-electron chi connectivity index (χ4n) is 4.67. The van der Waals surface area contributed by atoms with Gasteiger partial charge >= 0.3 is 12.1 Å². The van der Waals surface area contributed by atoms with Crippen LogP contribution in [0.25, 0.3) is 0 Å². The largest absolute Gasteiger partial charge is 0.462 e. The van der Waals surface area contributed by atoms with E-state index < -0.39 is 35.1 Å². The Bertz CT molecular complexity index is 1000. The maximum absolute atomic E-state index is 13.1. The molecule has 0 bridgehead atoms. The zero-order valence-electron chi connectivity index (χ0n) is 22.2. The fraction of sp³-hybridized carbons (Fsp3) is 0.571. The molecule has 0 aromatic heterocycles. The van der Waals surface area contributed by atoms with Crippen molar-refractivity contribution in [3.05, 3.63) is 48.0 Å². The van der Waals surface area contributed by atoms with E-state index in [1.165, 1.54) is 0 Å². The van der Waals surface area contributed by atoms with Gasteiger partial charge < -0.3 is 30.5 Å². The highest BCUT2D eigenvalue weighted by Gasteiger charge is 2.36. The quantitative estimate of drug-likeness (QED) is 0.314. The van der Waals surface area contributed by atoms with Gasteiger partial charge in [0.25, 0.3) is 0 Å². The summed E-state index contributed by atoms with van der Waals surface area (Å²) in [7, 11) is 0. The summed E-state index contributed by atoms with van der Waals surface area (Å²) in [5.74, 6) is -1.90. The number of aliphatic hydroxyl groups excluding tert-OH is 1. The zero-order valence-corrected chi connectivity index (χ0v) is 22.2. The summed E-state index contributed by atoms with van der Waals surface area (Å²) >= 11 is 0. The minimum absolute atomic E-state index is 0.0404. The van der Waals surface area contributed by atoms with Gasteiger partial charge in [0, 0.05) is 6.42 Å². The first-order chi connectivity index (χ1) is 18.1. The third-order valence-electron chi connectivity index (χ3n) is 6.86. The Morgan fingerprint density at radius 3 is 2.47 bits per heavy atom. The van der Waals surface area contributed by atoms with E-state index in [4.69, 9.17) is 9.47 Å². The number of rotatable bonds is 7. The van der Waals surface area contributed by atoms with E-state index in [9.17, 15) is 24.3 Å². The van der Waals surface area contributed by atoms with Gasteiger partial charge in [0.15, 0.2) is 0 Å². The Morgan fingerprint density at radius 1 is 1.11 bits per heavy atom. The van der Waals surface area contributed by atoms with Crippen molar-refractivity contribution in [2.24, 2.45) is 5.92 Å². The molecular formula is C28H39N3O7. The Balaban J connectivity index is 1.64. The summed E-state index contributed by atoms with van der Waals surface area (Å²) in [5.41, 5.74) is -0.703. The molecule has 0 saturated heterocycles. The molecule has 3 amide bonds. The van der Waals surface area contributed by atoms with Crippen LogP contribution in [-0.2, 0) is 30.5 Å². The molecule has 1 aromatic rings. The normalized spacial score (nSPS) is 23.2. The van der Waals surface area contributed by atoms with Crippen molar-refractivity contribution in [2.45, 2.75) is 82.5 Å². The first-order valence-corrected chi connectivity index (χ1v) is 13.1. The van der Waals surface area contributed by atoms with Crippen LogP contribution in [0.15, 0.2) is 42.5 Å². The van der Waals surface area contributed by atoms with Crippen LogP contribution >= 0.6 is 0 Å². The van der Waals surface area contributed by atoms with Gasteiger partial charge in [-0.3, -0.25) is 9.59 Å². The molecule has 0 radical (unpaired) electrons. The molecule has 1 fully saturated rings. The summed E-state index contributed by atoms with van der Waals surface area (Å²) in [6, 6.07) is 8.20. The molecule has 2 unspecified atom stereocenters. The molecule has 2 aliphatic rings. The monoisotopic (exact) mass is 529 g/mol. The minimum atomic E-state index is -0.978. The van der Waals surface area contributed by atoms with E-state index in [1.54, 1.807) is 26.0 Å². The third-order valence-corrected chi connectivity index (χ3v) is 6.86. The number of amides is 3. The molecule has 1 heterocycles. The number of aliphatic hydroxyl groups is 1. The second-order valence-corrected chi connectivity index (χ2v) is 10.8. The number of hydrogen-bond donors (Lipinski definition) is 4. The molecule has 38 heavy (non-hydrogen) atoms. The number of cyclic esters (lactones) is 1. The number of esters is 1. The molecule has 1 aliphatic carbocycles. The van der Waals surface area contributed by atoms with Gasteiger partial charge in [0.2, 0.25) is 11.8 Å². The van der Waals surface area contributed by atoms with E-state index in [0.29, 0.717) is 12.8 Å². The van der Waals surface area contributed by atoms with Gasteiger partial charge in [-0.05, 0) is 45.1 Å². The van der Waals surface area contributed by atoms with Crippen LogP contribution in [0, 0.1) is 5.92 Å². The summed E-state index contributed by atoms with van der Waals surface area (Å²) in [4.78, 5) is 51.0. The smallest absolute Gasteiger partial charge is 0.408 e. The number of benzene rings is 1. The zero-order chi connectivity index (χ0) is 27.6. The lowest BCUT2D eigenvalue weighted by Gasteiger charge is -2.31. The molecule has 4 N–H and O–H groups in total. The van der Waals surface area contributed by atoms with Gasteiger partial charge in [-0.15, -0.1) is 0 Å². The van der Waals surface area contributed by atoms with E-state index in [1.807, 2.05) is 30.3 Å². The van der Waals surface area contributed by atoms with Crippen molar-refractivity contribution in [1.82, 2.24) is 16.0 Å². The Hall–Kier alpha value is -3.40. The Labute approximate surface area is 223 Å². The molecule has 10 nitrogen and oxygen atoms in total. The number of nitrogens with one attached hydrogen (secondary N) is 3. The molecule has 2 atom stereocenters. The number of carbonyl (C=O) groups excluding carboxylic acids is 4. The number of allylic oxidation sites excluding steroid dienone is 1. The second kappa shape index (κ2) is 13.4. The maximum atomic E-state index is 13.1. The Kier molecular flexibility index (Phi) is 10.3. The highest BCUT2D eigenvalue weighted by molar-refractivity contribution is 5.87. The standard InChI is InChI=1S/C28H39N3O7/c1-27(2)19-38-25(35)22(29-26(36)37-17-20-10-4-3-5-11-20)13-7-6-12-21(24(34)31-27)16-23(33)30-28(18-32)14-8-9-15-28/h3-7,10-11,21-22,32H,8-9,12-19H2,1-2H3,(H,29,36)(H,30,33)(H,31,34). The van der Waals surface area contributed by atoms with Crippen LogP contribution in [0.5, 0.6) is 0 Å². The lowest BCUT2D eigenvalue weighted by Crippen LogP contribution is -2.53. The fourth-order valence-corrected chi connectivity index (χ4v) is 4.67.